The third-order valence-electron chi connectivity index (χ3n) is 4.64. The van der Waals surface area contributed by atoms with Gasteiger partial charge in [0.05, 0.1) is 11.3 Å². The minimum absolute atomic E-state index is 0.0249. The lowest BCUT2D eigenvalue weighted by atomic mass is 9.99. The first-order valence-corrected chi connectivity index (χ1v) is 8.61. The van der Waals surface area contributed by atoms with E-state index < -0.39 is 0 Å². The van der Waals surface area contributed by atoms with Gasteiger partial charge in [-0.15, -0.1) is 0 Å². The average molecular weight is 313 g/mol. The van der Waals surface area contributed by atoms with Crippen LogP contribution < -0.4 is 5.32 Å². The number of ketones is 1. The van der Waals surface area contributed by atoms with Crippen LogP contribution in [0.15, 0.2) is 18.2 Å². The van der Waals surface area contributed by atoms with Crippen LogP contribution in [0.3, 0.4) is 0 Å². The van der Waals surface area contributed by atoms with Gasteiger partial charge in [0.1, 0.15) is 6.07 Å². The Balaban J connectivity index is 1.74. The van der Waals surface area contributed by atoms with Gasteiger partial charge in [-0.05, 0) is 76.4 Å². The smallest absolute Gasteiger partial charge is 0.159 e. The molecule has 0 unspecified atom stereocenters. The Morgan fingerprint density at radius 2 is 2.09 bits per heavy atom. The molecule has 4 heteroatoms. The summed E-state index contributed by atoms with van der Waals surface area (Å²) in [6.07, 6.45) is 4.88. The van der Waals surface area contributed by atoms with Crippen molar-refractivity contribution in [2.45, 2.75) is 39.5 Å². The lowest BCUT2D eigenvalue weighted by molar-refractivity contribution is 0.101. The number of nitrogens with zero attached hydrogens (tertiary/aromatic N) is 2. The Morgan fingerprint density at radius 3 is 2.74 bits per heavy atom. The van der Waals surface area contributed by atoms with Gasteiger partial charge < -0.3 is 10.2 Å². The minimum Gasteiger partial charge on any atom is -0.384 e. The first-order chi connectivity index (χ1) is 11.1. The number of hydrogen-bond donors (Lipinski definition) is 1. The van der Waals surface area contributed by atoms with Crippen molar-refractivity contribution < 1.29 is 4.79 Å². The van der Waals surface area contributed by atoms with Gasteiger partial charge in [0.2, 0.25) is 0 Å². The van der Waals surface area contributed by atoms with E-state index in [1.54, 1.807) is 25.1 Å². The van der Waals surface area contributed by atoms with E-state index >= 15 is 0 Å². The van der Waals surface area contributed by atoms with Crippen LogP contribution in [0, 0.1) is 17.2 Å². The highest BCUT2D eigenvalue weighted by Gasteiger charge is 2.14. The summed E-state index contributed by atoms with van der Waals surface area (Å²) >= 11 is 0. The third-order valence-corrected chi connectivity index (χ3v) is 4.64. The highest BCUT2D eigenvalue weighted by atomic mass is 16.1. The zero-order valence-corrected chi connectivity index (χ0v) is 14.3. The molecule has 1 aromatic carbocycles. The summed E-state index contributed by atoms with van der Waals surface area (Å²) in [7, 11) is 0. The van der Waals surface area contributed by atoms with Gasteiger partial charge in [-0.3, -0.25) is 4.79 Å². The van der Waals surface area contributed by atoms with E-state index in [-0.39, 0.29) is 5.78 Å². The lowest BCUT2D eigenvalue weighted by Gasteiger charge is -2.30. The van der Waals surface area contributed by atoms with Crippen molar-refractivity contribution in [3.05, 3.63) is 29.3 Å². The van der Waals surface area contributed by atoms with Crippen LogP contribution in [-0.4, -0.2) is 36.9 Å². The molecule has 1 aliphatic rings. The zero-order valence-electron chi connectivity index (χ0n) is 14.3. The standard InChI is InChI=1S/C19H27N3O/c1-15-7-11-22(12-8-15)10-4-3-9-21-19-13-17(16(2)23)5-6-18(19)14-20/h5-6,13,15,21H,3-4,7-12H2,1-2H3. The predicted molar refractivity (Wildman–Crippen MR) is 93.7 cm³/mol. The van der Waals surface area contributed by atoms with Crippen molar-refractivity contribution in [2.75, 3.05) is 31.5 Å². The number of piperidine rings is 1. The van der Waals surface area contributed by atoms with Gasteiger partial charge in [-0.2, -0.15) is 5.26 Å². The zero-order chi connectivity index (χ0) is 16.7. The summed E-state index contributed by atoms with van der Waals surface area (Å²) < 4.78 is 0. The van der Waals surface area contributed by atoms with Crippen LogP contribution in [0.5, 0.6) is 0 Å². The second-order valence-corrected chi connectivity index (χ2v) is 6.59. The number of nitriles is 1. The molecule has 1 saturated heterocycles. The molecule has 1 heterocycles. The molecule has 0 aromatic heterocycles. The summed E-state index contributed by atoms with van der Waals surface area (Å²) in [6.45, 7) is 8.34. The number of nitrogens with one attached hydrogen (secondary N) is 1. The first-order valence-electron chi connectivity index (χ1n) is 8.61. The van der Waals surface area contributed by atoms with E-state index in [4.69, 9.17) is 5.26 Å². The molecule has 0 spiro atoms. The summed E-state index contributed by atoms with van der Waals surface area (Å²) in [5, 5.41) is 12.5. The number of carbonyl (C=O) groups excluding carboxylic acids is 1. The molecule has 0 atom stereocenters. The molecule has 0 radical (unpaired) electrons. The van der Waals surface area contributed by atoms with Crippen molar-refractivity contribution >= 4 is 11.5 Å². The number of rotatable bonds is 7. The summed E-state index contributed by atoms with van der Waals surface area (Å²) in [4.78, 5) is 14.0. The topological polar surface area (TPSA) is 56.1 Å². The molecule has 23 heavy (non-hydrogen) atoms. The fourth-order valence-corrected chi connectivity index (χ4v) is 2.98. The van der Waals surface area contributed by atoms with Gasteiger partial charge >= 0.3 is 0 Å². The van der Waals surface area contributed by atoms with Crippen LogP contribution in [0.4, 0.5) is 5.69 Å². The van der Waals surface area contributed by atoms with E-state index in [9.17, 15) is 4.79 Å². The Kier molecular flexibility index (Phi) is 6.61. The van der Waals surface area contributed by atoms with E-state index in [1.165, 1.54) is 25.9 Å². The highest BCUT2D eigenvalue weighted by Crippen LogP contribution is 2.18. The van der Waals surface area contributed by atoms with Crippen LogP contribution in [0.1, 0.15) is 55.5 Å². The molecule has 0 bridgehead atoms. The second-order valence-electron chi connectivity index (χ2n) is 6.59. The molecule has 2 rings (SSSR count). The molecule has 1 fully saturated rings. The van der Waals surface area contributed by atoms with Crippen molar-refractivity contribution in [3.63, 3.8) is 0 Å². The Morgan fingerprint density at radius 1 is 1.35 bits per heavy atom. The van der Waals surface area contributed by atoms with Gasteiger partial charge in [0.15, 0.2) is 5.78 Å². The van der Waals surface area contributed by atoms with Crippen molar-refractivity contribution in [3.8, 4) is 6.07 Å². The number of hydrogen-bond acceptors (Lipinski definition) is 4. The summed E-state index contributed by atoms with van der Waals surface area (Å²) in [6, 6.07) is 7.39. The number of benzene rings is 1. The molecule has 124 valence electrons. The molecule has 0 amide bonds. The van der Waals surface area contributed by atoms with Gasteiger partial charge in [0.25, 0.3) is 0 Å². The molecule has 4 nitrogen and oxygen atoms in total. The fourth-order valence-electron chi connectivity index (χ4n) is 2.98. The number of carbonyl (C=O) groups is 1. The predicted octanol–water partition coefficient (Wildman–Crippen LogP) is 3.68. The Bertz CT molecular complexity index is 568. The SMILES string of the molecule is CC(=O)c1ccc(C#N)c(NCCCCN2CCC(C)CC2)c1. The second kappa shape index (κ2) is 8.69. The van der Waals surface area contributed by atoms with Crippen LogP contribution >= 0.6 is 0 Å². The largest absolute Gasteiger partial charge is 0.384 e. The Labute approximate surface area is 139 Å². The molecule has 0 saturated carbocycles. The average Bonchev–Trinajstić information content (AvgIpc) is 2.56. The number of likely N-dealkylation sites (tertiary alicyclic amines) is 1. The molecule has 1 N–H and O–H groups in total. The van der Waals surface area contributed by atoms with Crippen molar-refractivity contribution in [1.29, 1.82) is 5.26 Å². The lowest BCUT2D eigenvalue weighted by Crippen LogP contribution is -2.33. The van der Waals surface area contributed by atoms with Crippen molar-refractivity contribution in [2.24, 2.45) is 5.92 Å². The minimum atomic E-state index is 0.0249. The summed E-state index contributed by atoms with van der Waals surface area (Å²) in [5.41, 5.74) is 2.01. The third kappa shape index (κ3) is 5.37. The van der Waals surface area contributed by atoms with Crippen molar-refractivity contribution in [1.82, 2.24) is 4.90 Å². The van der Waals surface area contributed by atoms with Gasteiger partial charge in [-0.1, -0.05) is 6.92 Å². The number of anilines is 1. The van der Waals surface area contributed by atoms with Crippen LogP contribution in [0.2, 0.25) is 0 Å². The van der Waals surface area contributed by atoms with Gasteiger partial charge in [0, 0.05) is 12.1 Å². The maximum Gasteiger partial charge on any atom is 0.159 e. The maximum absolute atomic E-state index is 11.5. The molecule has 0 aliphatic carbocycles. The van der Waals surface area contributed by atoms with E-state index in [0.29, 0.717) is 11.1 Å². The normalized spacial score (nSPS) is 16.0. The molecular formula is C19H27N3O. The van der Waals surface area contributed by atoms with E-state index in [0.717, 1.165) is 37.5 Å². The van der Waals surface area contributed by atoms with Gasteiger partial charge in [-0.25, -0.2) is 0 Å². The number of Topliss-reactive ketones (excluding diaryl/α,β-unsaturated/α-hetero) is 1. The highest BCUT2D eigenvalue weighted by molar-refractivity contribution is 5.95. The Hall–Kier alpha value is -1.86. The van der Waals surface area contributed by atoms with Crippen LogP contribution in [-0.2, 0) is 0 Å². The summed E-state index contributed by atoms with van der Waals surface area (Å²) in [5.74, 6) is 0.905. The first kappa shape index (κ1) is 17.5. The van der Waals surface area contributed by atoms with E-state index in [1.807, 2.05) is 0 Å². The number of unbranched alkanes of at least 4 members (excludes halogenated alkanes) is 1. The molecule has 1 aromatic rings. The quantitative estimate of drug-likeness (QED) is 0.616. The van der Waals surface area contributed by atoms with Crippen LogP contribution in [0.25, 0.3) is 0 Å². The fraction of sp³-hybridized carbons (Fsp3) is 0.579. The molecule has 1 aliphatic heterocycles. The maximum atomic E-state index is 11.5. The monoisotopic (exact) mass is 313 g/mol. The van der Waals surface area contributed by atoms with E-state index in [2.05, 4.69) is 23.2 Å². The molecular weight excluding hydrogens is 286 g/mol.